The second-order valence-electron chi connectivity index (χ2n) is 3.17. The summed E-state index contributed by atoms with van der Waals surface area (Å²) < 4.78 is 0. The molecule has 0 aromatic heterocycles. The van der Waals surface area contributed by atoms with Crippen LogP contribution >= 0.6 is 0 Å². The molecule has 2 N–H and O–H groups in total. The lowest BCUT2D eigenvalue weighted by Crippen LogP contribution is -2.05. The maximum Gasteiger partial charge on any atom is 0.0301 e. The van der Waals surface area contributed by atoms with Crippen molar-refractivity contribution < 1.29 is 0 Å². The Balaban J connectivity index is 2.76. The van der Waals surface area contributed by atoms with Crippen LogP contribution in [0.5, 0.6) is 0 Å². The van der Waals surface area contributed by atoms with E-state index in [1.807, 2.05) is 24.3 Å². The van der Waals surface area contributed by atoms with E-state index in [1.54, 1.807) is 0 Å². The number of rotatable bonds is 1. The smallest absolute Gasteiger partial charge is 0.0301 e. The molecule has 0 saturated carbocycles. The molecule has 0 heterocycles. The van der Waals surface area contributed by atoms with Crippen molar-refractivity contribution in [1.82, 2.24) is 0 Å². The highest BCUT2D eigenvalue weighted by atomic mass is 14.6. The van der Waals surface area contributed by atoms with Gasteiger partial charge in [-0.3, -0.25) is 0 Å². The first-order valence-electron chi connectivity index (χ1n) is 4.35. The predicted molar refractivity (Wildman–Crippen MR) is 56.2 cm³/mol. The first-order valence-corrected chi connectivity index (χ1v) is 4.35. The quantitative estimate of drug-likeness (QED) is 0.699. The molecule has 1 atom stereocenters. The van der Waals surface area contributed by atoms with Crippen LogP contribution in [0.4, 0.5) is 0 Å². The Hall–Kier alpha value is -1.34. The van der Waals surface area contributed by atoms with Crippen molar-refractivity contribution in [3.63, 3.8) is 0 Å². The lowest BCUT2D eigenvalue weighted by molar-refractivity contribution is 0.918. The van der Waals surface area contributed by atoms with E-state index < -0.39 is 0 Å². The number of hydrogen-bond donors (Lipinski definition) is 1. The van der Waals surface area contributed by atoms with Crippen molar-refractivity contribution in [2.45, 2.75) is 6.04 Å². The maximum atomic E-state index is 5.77. The van der Waals surface area contributed by atoms with Gasteiger partial charge in [-0.2, -0.15) is 0 Å². The summed E-state index contributed by atoms with van der Waals surface area (Å²) in [6, 6.07) is 14.2. The molecule has 0 amide bonds. The molecule has 0 bridgehead atoms. The van der Waals surface area contributed by atoms with Crippen LogP contribution in [0.25, 0.3) is 10.8 Å². The first-order chi connectivity index (χ1) is 6.29. The topological polar surface area (TPSA) is 26.0 Å². The summed E-state index contributed by atoms with van der Waals surface area (Å²) in [5.41, 5.74) is 6.88. The number of hydrogen-bond acceptors (Lipinski definition) is 1. The van der Waals surface area contributed by atoms with Crippen molar-refractivity contribution in [2.24, 2.45) is 5.73 Å². The van der Waals surface area contributed by atoms with Gasteiger partial charge < -0.3 is 5.73 Å². The molecule has 1 heteroatoms. The summed E-state index contributed by atoms with van der Waals surface area (Å²) >= 11 is 0. The van der Waals surface area contributed by atoms with E-state index in [0.29, 0.717) is 0 Å². The lowest BCUT2D eigenvalue weighted by Gasteiger charge is -2.08. The molecule has 0 aliphatic heterocycles. The highest BCUT2D eigenvalue weighted by molar-refractivity contribution is 5.86. The molecule has 0 fully saturated rings. The van der Waals surface area contributed by atoms with Crippen LogP contribution in [0.1, 0.15) is 11.6 Å². The molecule has 0 saturated heterocycles. The van der Waals surface area contributed by atoms with Crippen molar-refractivity contribution in [2.75, 3.05) is 0 Å². The van der Waals surface area contributed by atoms with Gasteiger partial charge in [-0.15, -0.1) is 0 Å². The fourth-order valence-electron chi connectivity index (χ4n) is 1.57. The van der Waals surface area contributed by atoms with Gasteiger partial charge in [0.1, 0.15) is 0 Å². The average Bonchev–Trinajstić information content (AvgIpc) is 2.17. The Morgan fingerprint density at radius 1 is 1.00 bits per heavy atom. The molecule has 1 nitrogen and oxygen atoms in total. The van der Waals surface area contributed by atoms with Crippen LogP contribution in [0.2, 0.25) is 0 Å². The highest BCUT2D eigenvalue weighted by Gasteiger charge is 2.03. The normalized spacial score (nSPS) is 13.1. The maximum absolute atomic E-state index is 5.77. The van der Waals surface area contributed by atoms with Crippen LogP contribution in [0.3, 0.4) is 0 Å². The van der Waals surface area contributed by atoms with Crippen molar-refractivity contribution in [3.05, 3.63) is 55.0 Å². The van der Waals surface area contributed by atoms with Crippen molar-refractivity contribution in [1.29, 1.82) is 0 Å². The van der Waals surface area contributed by atoms with Gasteiger partial charge in [0, 0.05) is 6.04 Å². The molecule has 0 aliphatic rings. The van der Waals surface area contributed by atoms with E-state index in [0.717, 1.165) is 5.56 Å². The Labute approximate surface area is 78.2 Å². The third-order valence-electron chi connectivity index (χ3n) is 2.22. The third kappa shape index (κ3) is 1.43. The van der Waals surface area contributed by atoms with Gasteiger partial charge in [-0.25, -0.2) is 0 Å². The first kappa shape index (κ1) is 8.27. The minimum absolute atomic E-state index is 0.147. The molecule has 0 aliphatic carbocycles. The van der Waals surface area contributed by atoms with E-state index in [4.69, 9.17) is 5.73 Å². The van der Waals surface area contributed by atoms with E-state index in [9.17, 15) is 0 Å². The number of fused-ring (bicyclic) bond motifs is 1. The Bertz CT molecular complexity index is 413. The van der Waals surface area contributed by atoms with Crippen molar-refractivity contribution in [3.8, 4) is 0 Å². The fourth-order valence-corrected chi connectivity index (χ4v) is 1.57. The van der Waals surface area contributed by atoms with Gasteiger partial charge in [0.2, 0.25) is 0 Å². The zero-order chi connectivity index (χ0) is 9.26. The summed E-state index contributed by atoms with van der Waals surface area (Å²) in [7, 11) is 0. The summed E-state index contributed by atoms with van der Waals surface area (Å²) in [6.45, 7) is 3.84. The summed E-state index contributed by atoms with van der Waals surface area (Å²) in [6.07, 6.45) is 0. The molecular weight excluding hydrogens is 158 g/mol. The van der Waals surface area contributed by atoms with Gasteiger partial charge in [-0.05, 0) is 23.3 Å². The molecule has 13 heavy (non-hydrogen) atoms. The largest absolute Gasteiger partial charge is 0.324 e. The van der Waals surface area contributed by atoms with Gasteiger partial charge >= 0.3 is 0 Å². The Morgan fingerprint density at radius 3 is 2.46 bits per heavy atom. The summed E-state index contributed by atoms with van der Waals surface area (Å²) in [5, 5.41) is 2.42. The fraction of sp³-hybridized carbons (Fsp3) is 0.0833. The van der Waals surface area contributed by atoms with E-state index in [-0.39, 0.29) is 6.04 Å². The van der Waals surface area contributed by atoms with Crippen LogP contribution in [-0.4, -0.2) is 0 Å². The molecule has 2 aromatic carbocycles. The van der Waals surface area contributed by atoms with E-state index >= 15 is 0 Å². The van der Waals surface area contributed by atoms with E-state index in [2.05, 4.69) is 25.1 Å². The Kier molecular flexibility index (Phi) is 2.03. The van der Waals surface area contributed by atoms with Crippen LogP contribution < -0.4 is 5.73 Å². The van der Waals surface area contributed by atoms with E-state index in [1.165, 1.54) is 10.8 Å². The second-order valence-corrected chi connectivity index (χ2v) is 3.17. The zero-order valence-electron chi connectivity index (χ0n) is 7.40. The molecule has 2 aromatic rings. The van der Waals surface area contributed by atoms with Crippen molar-refractivity contribution >= 4 is 10.8 Å². The molecule has 2 rings (SSSR count). The van der Waals surface area contributed by atoms with Gasteiger partial charge in [0.05, 0.1) is 0 Å². The molecular formula is C12H12N. The Morgan fingerprint density at radius 2 is 1.69 bits per heavy atom. The van der Waals surface area contributed by atoms with Crippen LogP contribution in [-0.2, 0) is 0 Å². The predicted octanol–water partition coefficient (Wildman–Crippen LogP) is 2.67. The third-order valence-corrected chi connectivity index (χ3v) is 2.22. The standard InChI is InChI=1S/C12H12N/c1-9(13)11-8-4-6-10-5-2-3-7-12(10)11/h2-9H,1,13H2. The molecule has 0 spiro atoms. The average molecular weight is 170 g/mol. The molecule has 65 valence electrons. The van der Waals surface area contributed by atoms with Crippen LogP contribution in [0, 0.1) is 6.92 Å². The minimum Gasteiger partial charge on any atom is -0.324 e. The summed E-state index contributed by atoms with van der Waals surface area (Å²) in [5.74, 6) is 0. The van der Waals surface area contributed by atoms with Gasteiger partial charge in [0.25, 0.3) is 0 Å². The van der Waals surface area contributed by atoms with Crippen LogP contribution in [0.15, 0.2) is 42.5 Å². The molecule has 1 radical (unpaired) electrons. The lowest BCUT2D eigenvalue weighted by atomic mass is 10.0. The monoisotopic (exact) mass is 170 g/mol. The van der Waals surface area contributed by atoms with Gasteiger partial charge in [0.15, 0.2) is 0 Å². The zero-order valence-corrected chi connectivity index (χ0v) is 7.40. The second kappa shape index (κ2) is 3.19. The number of nitrogens with two attached hydrogens (primary N) is 1. The highest BCUT2D eigenvalue weighted by Crippen LogP contribution is 2.22. The number of benzene rings is 2. The van der Waals surface area contributed by atoms with Gasteiger partial charge in [-0.1, -0.05) is 42.5 Å². The minimum atomic E-state index is -0.147. The molecule has 1 unspecified atom stereocenters. The SMILES string of the molecule is [CH2]C(N)c1cccc2ccccc12. The summed E-state index contributed by atoms with van der Waals surface area (Å²) in [4.78, 5) is 0.